The van der Waals surface area contributed by atoms with Gasteiger partial charge in [-0.1, -0.05) is 15.9 Å². The number of halogens is 2. The van der Waals surface area contributed by atoms with Gasteiger partial charge in [-0.15, -0.1) is 0 Å². The van der Waals surface area contributed by atoms with E-state index in [0.29, 0.717) is 4.47 Å². The van der Waals surface area contributed by atoms with Crippen molar-refractivity contribution in [3.05, 3.63) is 39.6 Å². The van der Waals surface area contributed by atoms with E-state index in [4.69, 9.17) is 4.74 Å². The minimum atomic E-state index is -3.37. The number of carbonyl (C=O) groups is 2. The van der Waals surface area contributed by atoms with Crippen molar-refractivity contribution in [2.45, 2.75) is 32.3 Å². The molecule has 1 amide bonds. The highest BCUT2D eigenvalue weighted by Crippen LogP contribution is 2.42. The zero-order valence-electron chi connectivity index (χ0n) is 15.4. The van der Waals surface area contributed by atoms with E-state index in [1.807, 2.05) is 0 Å². The lowest BCUT2D eigenvalue weighted by atomic mass is 9.83. The van der Waals surface area contributed by atoms with Crippen LogP contribution in [0.2, 0.25) is 0 Å². The summed E-state index contributed by atoms with van der Waals surface area (Å²) in [5, 5.41) is 2.50. The van der Waals surface area contributed by atoms with E-state index >= 15 is 0 Å². The Bertz CT molecular complexity index is 968. The normalized spacial score (nSPS) is 19.8. The summed E-state index contributed by atoms with van der Waals surface area (Å²) < 4.78 is 45.7. The first-order valence-corrected chi connectivity index (χ1v) is 11.2. The van der Waals surface area contributed by atoms with Crippen LogP contribution in [0.5, 0.6) is 0 Å². The Morgan fingerprint density at radius 3 is 2.57 bits per heavy atom. The van der Waals surface area contributed by atoms with E-state index in [9.17, 15) is 22.4 Å². The maximum Gasteiger partial charge on any atom is 0.335 e. The molecular formula is C18H20BrFN2O5S. The van der Waals surface area contributed by atoms with E-state index in [0.717, 1.165) is 0 Å². The van der Waals surface area contributed by atoms with Gasteiger partial charge in [0.25, 0.3) is 5.91 Å². The van der Waals surface area contributed by atoms with Crippen LogP contribution in [0.1, 0.15) is 26.7 Å². The van der Waals surface area contributed by atoms with Crippen LogP contribution < -0.4 is 5.32 Å². The molecule has 152 valence electrons. The van der Waals surface area contributed by atoms with Crippen LogP contribution in [-0.4, -0.2) is 49.0 Å². The molecule has 0 atom stereocenters. The van der Waals surface area contributed by atoms with E-state index < -0.39 is 33.3 Å². The number of piperidine rings is 1. The fourth-order valence-corrected chi connectivity index (χ4v) is 5.00. The summed E-state index contributed by atoms with van der Waals surface area (Å²) in [6.07, 6.45) is 0.335. The number of rotatable bonds is 4. The van der Waals surface area contributed by atoms with Crippen LogP contribution in [-0.2, 0) is 24.3 Å². The van der Waals surface area contributed by atoms with Gasteiger partial charge in [0.15, 0.2) is 0 Å². The molecule has 1 fully saturated rings. The van der Waals surface area contributed by atoms with Gasteiger partial charge in [0, 0.05) is 36.0 Å². The topological polar surface area (TPSA) is 92.8 Å². The van der Waals surface area contributed by atoms with Crippen LogP contribution in [0.4, 0.5) is 10.1 Å². The summed E-state index contributed by atoms with van der Waals surface area (Å²) in [5.41, 5.74) is -0.930. The van der Waals surface area contributed by atoms with Gasteiger partial charge < -0.3 is 10.1 Å². The second-order valence-corrected chi connectivity index (χ2v) is 9.93. The number of esters is 1. The number of ether oxygens (including phenoxy) is 1. The molecule has 0 aliphatic carbocycles. The molecule has 0 aromatic heterocycles. The standard InChI is InChI=1S/C18H20BrFN2O5S/c1-3-28(25,26)22-8-6-18(7-9-22)15(11(2)17(24)27-18)16(23)21-14-5-4-12(19)10-13(14)20/h4-5,10H,3,6-9H2,1-2H3,(H,21,23). The molecule has 1 aromatic carbocycles. The van der Waals surface area contributed by atoms with Crippen molar-refractivity contribution in [2.75, 3.05) is 24.2 Å². The van der Waals surface area contributed by atoms with E-state index in [1.54, 1.807) is 13.0 Å². The maximum absolute atomic E-state index is 14.1. The van der Waals surface area contributed by atoms with Crippen molar-refractivity contribution < 1.29 is 27.1 Å². The van der Waals surface area contributed by atoms with Crippen LogP contribution in [0.15, 0.2) is 33.8 Å². The van der Waals surface area contributed by atoms with Crippen molar-refractivity contribution in [3.63, 3.8) is 0 Å². The fraction of sp³-hybridized carbons (Fsp3) is 0.444. The lowest BCUT2D eigenvalue weighted by Gasteiger charge is -2.38. The molecular weight excluding hydrogens is 455 g/mol. The van der Waals surface area contributed by atoms with E-state index in [2.05, 4.69) is 21.2 Å². The Morgan fingerprint density at radius 2 is 2.00 bits per heavy atom. The third-order valence-electron chi connectivity index (χ3n) is 5.12. The molecule has 0 unspecified atom stereocenters. The molecule has 1 aromatic rings. The average molecular weight is 475 g/mol. The first-order valence-electron chi connectivity index (χ1n) is 8.78. The quantitative estimate of drug-likeness (QED) is 0.676. The van der Waals surface area contributed by atoms with Gasteiger partial charge >= 0.3 is 5.97 Å². The highest BCUT2D eigenvalue weighted by atomic mass is 79.9. The third-order valence-corrected chi connectivity index (χ3v) is 7.49. The summed E-state index contributed by atoms with van der Waals surface area (Å²) in [7, 11) is -3.37. The SMILES string of the molecule is CCS(=O)(=O)N1CCC2(CC1)OC(=O)C(C)=C2C(=O)Nc1ccc(Br)cc1F. The zero-order chi connectivity index (χ0) is 20.7. The van der Waals surface area contributed by atoms with Gasteiger partial charge in [-0.2, -0.15) is 0 Å². The van der Waals surface area contributed by atoms with E-state index in [-0.39, 0.29) is 48.5 Å². The minimum absolute atomic E-state index is 0.0194. The van der Waals surface area contributed by atoms with Gasteiger partial charge in [-0.3, -0.25) is 4.79 Å². The molecule has 7 nitrogen and oxygen atoms in total. The van der Waals surface area contributed by atoms with E-state index in [1.165, 1.54) is 23.4 Å². The number of amides is 1. The fourth-order valence-electron chi connectivity index (χ4n) is 3.56. The Balaban J connectivity index is 1.86. The predicted octanol–water partition coefficient (Wildman–Crippen LogP) is 2.58. The monoisotopic (exact) mass is 474 g/mol. The molecule has 0 bridgehead atoms. The molecule has 0 saturated carbocycles. The molecule has 1 N–H and O–H groups in total. The first kappa shape index (κ1) is 20.9. The number of nitrogens with one attached hydrogen (secondary N) is 1. The Labute approximate surface area is 171 Å². The molecule has 28 heavy (non-hydrogen) atoms. The molecule has 0 radical (unpaired) electrons. The number of hydrogen-bond donors (Lipinski definition) is 1. The summed E-state index contributed by atoms with van der Waals surface area (Å²) in [5.74, 6) is -1.89. The largest absolute Gasteiger partial charge is 0.450 e. The Morgan fingerprint density at radius 1 is 1.36 bits per heavy atom. The molecule has 2 aliphatic rings. The molecule has 1 spiro atoms. The van der Waals surface area contributed by atoms with Crippen LogP contribution in [0, 0.1) is 5.82 Å². The predicted molar refractivity (Wildman–Crippen MR) is 105 cm³/mol. The summed E-state index contributed by atoms with van der Waals surface area (Å²) >= 11 is 3.15. The maximum atomic E-state index is 14.1. The number of benzene rings is 1. The molecule has 1 saturated heterocycles. The summed E-state index contributed by atoms with van der Waals surface area (Å²) in [6, 6.07) is 4.21. The van der Waals surface area contributed by atoms with Gasteiger partial charge in [-0.25, -0.2) is 21.9 Å². The minimum Gasteiger partial charge on any atom is -0.450 e. The van der Waals surface area contributed by atoms with Gasteiger partial charge in [0.05, 0.1) is 17.0 Å². The smallest absolute Gasteiger partial charge is 0.335 e. The lowest BCUT2D eigenvalue weighted by Crippen LogP contribution is -2.49. The molecule has 2 heterocycles. The highest BCUT2D eigenvalue weighted by Gasteiger charge is 2.51. The van der Waals surface area contributed by atoms with Crippen molar-refractivity contribution in [1.29, 1.82) is 0 Å². The Hall–Kier alpha value is -1.78. The van der Waals surface area contributed by atoms with Crippen molar-refractivity contribution >= 4 is 43.5 Å². The average Bonchev–Trinajstić information content (AvgIpc) is 2.87. The molecule has 2 aliphatic heterocycles. The van der Waals surface area contributed by atoms with Crippen molar-refractivity contribution in [3.8, 4) is 0 Å². The van der Waals surface area contributed by atoms with Gasteiger partial charge in [-0.05, 0) is 32.0 Å². The van der Waals surface area contributed by atoms with Gasteiger partial charge in [0.2, 0.25) is 10.0 Å². The van der Waals surface area contributed by atoms with Crippen molar-refractivity contribution in [1.82, 2.24) is 4.31 Å². The summed E-state index contributed by atoms with van der Waals surface area (Å²) in [6.45, 7) is 3.32. The highest BCUT2D eigenvalue weighted by molar-refractivity contribution is 9.10. The number of sulfonamides is 1. The number of nitrogens with zero attached hydrogens (tertiary/aromatic N) is 1. The first-order chi connectivity index (χ1) is 13.1. The number of anilines is 1. The third kappa shape index (κ3) is 3.72. The van der Waals surface area contributed by atoms with Crippen LogP contribution >= 0.6 is 15.9 Å². The summed E-state index contributed by atoms with van der Waals surface area (Å²) in [4.78, 5) is 25.1. The van der Waals surface area contributed by atoms with Crippen LogP contribution in [0.3, 0.4) is 0 Å². The zero-order valence-corrected chi connectivity index (χ0v) is 17.8. The number of carbonyl (C=O) groups excluding carboxylic acids is 2. The molecule has 3 rings (SSSR count). The van der Waals surface area contributed by atoms with Gasteiger partial charge in [0.1, 0.15) is 11.4 Å². The second kappa shape index (κ2) is 7.57. The molecule has 10 heteroatoms. The Kier molecular flexibility index (Phi) is 5.66. The van der Waals surface area contributed by atoms with Crippen molar-refractivity contribution in [2.24, 2.45) is 0 Å². The van der Waals surface area contributed by atoms with Crippen LogP contribution in [0.25, 0.3) is 0 Å². The lowest BCUT2D eigenvalue weighted by molar-refractivity contribution is -0.149. The second-order valence-electron chi connectivity index (χ2n) is 6.76. The number of hydrogen-bond acceptors (Lipinski definition) is 5.